The largest absolute Gasteiger partial charge is 0.492 e. The molecule has 34 heavy (non-hydrogen) atoms. The molecule has 1 amide bonds. The van der Waals surface area contributed by atoms with Crippen molar-refractivity contribution in [2.75, 3.05) is 31.6 Å². The fourth-order valence-electron chi connectivity index (χ4n) is 3.17. The second kappa shape index (κ2) is 10.5. The number of hydrogen-bond acceptors (Lipinski definition) is 6. The summed E-state index contributed by atoms with van der Waals surface area (Å²) in [6, 6.07) is 7.73. The highest BCUT2D eigenvalue weighted by Gasteiger charge is 2.30. The Morgan fingerprint density at radius 3 is 2.65 bits per heavy atom. The van der Waals surface area contributed by atoms with Crippen LogP contribution in [0.1, 0.15) is 10.4 Å². The Kier molecular flexibility index (Phi) is 7.40. The normalized spacial score (nSPS) is 13.9. The molecule has 0 aliphatic carbocycles. The van der Waals surface area contributed by atoms with Gasteiger partial charge in [-0.2, -0.15) is 9.37 Å². The molecule has 3 aromatic rings. The molecule has 0 unspecified atom stereocenters. The van der Waals surface area contributed by atoms with Gasteiger partial charge in [-0.1, -0.05) is 23.2 Å². The van der Waals surface area contributed by atoms with Gasteiger partial charge in [-0.25, -0.2) is 13.8 Å². The third-order valence-corrected chi connectivity index (χ3v) is 5.42. The lowest BCUT2D eigenvalue weighted by molar-refractivity contribution is 0.0100. The second-order valence-corrected chi connectivity index (χ2v) is 8.15. The molecule has 1 N–H and O–H groups in total. The summed E-state index contributed by atoms with van der Waals surface area (Å²) < 4.78 is 52.1. The molecule has 1 fully saturated rings. The smallest absolute Gasteiger partial charge is 0.255 e. The number of ether oxygens (including phenoxy) is 2. The molecule has 0 saturated carbocycles. The highest BCUT2D eigenvalue weighted by Crippen LogP contribution is 2.28. The summed E-state index contributed by atoms with van der Waals surface area (Å²) in [6.45, 7) is 1.76. The van der Waals surface area contributed by atoms with Crippen molar-refractivity contribution in [1.82, 2.24) is 14.9 Å². The molecule has 12 heteroatoms. The molecule has 4 rings (SSSR count). The zero-order valence-corrected chi connectivity index (χ0v) is 18.9. The molecular weight excluding hydrogens is 496 g/mol. The van der Waals surface area contributed by atoms with E-state index in [0.717, 1.165) is 6.07 Å². The number of carbonyl (C=O) groups is 1. The van der Waals surface area contributed by atoms with Crippen LogP contribution in [-0.2, 0) is 0 Å². The molecular formula is C22H17Cl2F3N4O3. The van der Waals surface area contributed by atoms with Crippen LogP contribution in [0.4, 0.5) is 18.9 Å². The van der Waals surface area contributed by atoms with Crippen molar-refractivity contribution in [3.8, 4) is 11.6 Å². The molecule has 1 aliphatic heterocycles. The molecule has 0 radical (unpaired) electrons. The number of aromatic nitrogens is 2. The predicted octanol–water partition coefficient (Wildman–Crippen LogP) is 4.60. The van der Waals surface area contributed by atoms with Crippen LogP contribution in [0.25, 0.3) is 0 Å². The lowest BCUT2D eigenvalue weighted by Crippen LogP contribution is -2.54. The van der Waals surface area contributed by atoms with Crippen molar-refractivity contribution in [2.45, 2.75) is 6.10 Å². The first-order chi connectivity index (χ1) is 16.3. The summed E-state index contributed by atoms with van der Waals surface area (Å²) in [7, 11) is 0. The van der Waals surface area contributed by atoms with Gasteiger partial charge in [0.1, 0.15) is 35.1 Å². The number of halogens is 5. The minimum absolute atomic E-state index is 0.0149. The van der Waals surface area contributed by atoms with Crippen LogP contribution in [-0.4, -0.2) is 53.1 Å². The van der Waals surface area contributed by atoms with E-state index in [1.807, 2.05) is 4.90 Å². The highest BCUT2D eigenvalue weighted by molar-refractivity contribution is 6.30. The number of nitrogens with one attached hydrogen (secondary N) is 1. The van der Waals surface area contributed by atoms with Gasteiger partial charge in [-0.05, 0) is 24.3 Å². The Morgan fingerprint density at radius 1 is 1.12 bits per heavy atom. The number of hydrogen-bond donors (Lipinski definition) is 1. The third-order valence-electron chi connectivity index (χ3n) is 4.90. The van der Waals surface area contributed by atoms with Crippen LogP contribution in [0.15, 0.2) is 42.6 Å². The van der Waals surface area contributed by atoms with E-state index < -0.39 is 23.5 Å². The number of pyridine rings is 2. The Hall–Kier alpha value is -3.08. The first-order valence-electron chi connectivity index (χ1n) is 10.0. The lowest BCUT2D eigenvalue weighted by atomic mass is 10.1. The van der Waals surface area contributed by atoms with E-state index in [1.54, 1.807) is 6.07 Å². The molecule has 2 aromatic heterocycles. The molecule has 1 saturated heterocycles. The van der Waals surface area contributed by atoms with E-state index in [2.05, 4.69) is 15.3 Å². The number of likely N-dealkylation sites (tertiary alicyclic amines) is 1. The SMILES string of the molecule is O=C(Nc1cc(F)c(F)nc1OC1CN(CCOc2ccc(Cl)c(F)c2)C1)c1ccnc(Cl)c1. The number of nitrogens with zero attached hydrogens (tertiary/aromatic N) is 3. The van der Waals surface area contributed by atoms with Crippen LogP contribution in [0.5, 0.6) is 11.6 Å². The minimum atomic E-state index is -1.35. The van der Waals surface area contributed by atoms with Crippen LogP contribution in [0.3, 0.4) is 0 Å². The zero-order valence-electron chi connectivity index (χ0n) is 17.4. The first-order valence-corrected chi connectivity index (χ1v) is 10.8. The van der Waals surface area contributed by atoms with Gasteiger partial charge in [0, 0.05) is 43.5 Å². The van der Waals surface area contributed by atoms with Gasteiger partial charge in [0.15, 0.2) is 5.82 Å². The summed E-state index contributed by atoms with van der Waals surface area (Å²) in [6.07, 6.45) is 0.977. The maximum absolute atomic E-state index is 13.8. The van der Waals surface area contributed by atoms with Crippen molar-refractivity contribution in [1.29, 1.82) is 0 Å². The standard InChI is InChI=1S/C22H17Cl2F3N4O3/c23-15-2-1-13(8-16(15)25)33-6-5-31-10-14(11-31)34-22-18(9-17(26)20(27)30-22)29-21(32)12-3-4-28-19(24)7-12/h1-4,7-9,14H,5-6,10-11H2,(H,29,32). The summed E-state index contributed by atoms with van der Waals surface area (Å²) in [5.74, 6) is -3.65. The maximum Gasteiger partial charge on any atom is 0.255 e. The summed E-state index contributed by atoms with van der Waals surface area (Å²) >= 11 is 11.4. The van der Waals surface area contributed by atoms with Crippen LogP contribution < -0.4 is 14.8 Å². The van der Waals surface area contributed by atoms with E-state index in [-0.39, 0.29) is 33.4 Å². The van der Waals surface area contributed by atoms with Gasteiger partial charge in [0.2, 0.25) is 5.88 Å². The van der Waals surface area contributed by atoms with Crippen LogP contribution >= 0.6 is 23.2 Å². The van der Waals surface area contributed by atoms with Gasteiger partial charge >= 0.3 is 0 Å². The number of benzene rings is 1. The summed E-state index contributed by atoms with van der Waals surface area (Å²) in [5, 5.41) is 2.57. The highest BCUT2D eigenvalue weighted by atomic mass is 35.5. The summed E-state index contributed by atoms with van der Waals surface area (Å²) in [4.78, 5) is 21.7. The van der Waals surface area contributed by atoms with E-state index in [9.17, 15) is 18.0 Å². The van der Waals surface area contributed by atoms with Crippen LogP contribution in [0, 0.1) is 17.6 Å². The molecule has 1 aromatic carbocycles. The Balaban J connectivity index is 1.32. The number of rotatable bonds is 8. The Morgan fingerprint density at radius 2 is 1.91 bits per heavy atom. The van der Waals surface area contributed by atoms with Gasteiger partial charge in [0.05, 0.1) is 5.02 Å². The first kappa shape index (κ1) is 24.1. The van der Waals surface area contributed by atoms with Crippen molar-refractivity contribution in [3.63, 3.8) is 0 Å². The third kappa shape index (κ3) is 5.88. The van der Waals surface area contributed by atoms with Crippen molar-refractivity contribution >= 4 is 34.8 Å². The Labute approximate surface area is 202 Å². The van der Waals surface area contributed by atoms with Crippen molar-refractivity contribution < 1.29 is 27.4 Å². The monoisotopic (exact) mass is 512 g/mol. The van der Waals surface area contributed by atoms with Gasteiger partial charge in [-0.15, -0.1) is 0 Å². The van der Waals surface area contributed by atoms with Gasteiger partial charge < -0.3 is 14.8 Å². The number of carbonyl (C=O) groups excluding carboxylic acids is 1. The van der Waals surface area contributed by atoms with Crippen LogP contribution in [0.2, 0.25) is 10.2 Å². The predicted molar refractivity (Wildman–Crippen MR) is 119 cm³/mol. The maximum atomic E-state index is 13.8. The lowest BCUT2D eigenvalue weighted by Gasteiger charge is -2.38. The molecule has 0 bridgehead atoms. The van der Waals surface area contributed by atoms with E-state index in [1.165, 1.54) is 30.5 Å². The van der Waals surface area contributed by atoms with E-state index >= 15 is 0 Å². The quantitative estimate of drug-likeness (QED) is 0.444. The second-order valence-electron chi connectivity index (χ2n) is 7.36. The minimum Gasteiger partial charge on any atom is -0.492 e. The van der Waals surface area contributed by atoms with Crippen molar-refractivity contribution in [3.05, 3.63) is 75.9 Å². The fourth-order valence-corrected chi connectivity index (χ4v) is 3.46. The molecule has 7 nitrogen and oxygen atoms in total. The van der Waals surface area contributed by atoms with E-state index in [0.29, 0.717) is 32.0 Å². The van der Waals surface area contributed by atoms with Gasteiger partial charge in [-0.3, -0.25) is 9.69 Å². The molecule has 0 atom stereocenters. The average Bonchev–Trinajstić information content (AvgIpc) is 2.77. The Bertz CT molecular complexity index is 1210. The molecule has 178 valence electrons. The molecule has 1 aliphatic rings. The average molecular weight is 513 g/mol. The molecule has 0 spiro atoms. The van der Waals surface area contributed by atoms with Gasteiger partial charge in [0.25, 0.3) is 11.9 Å². The van der Waals surface area contributed by atoms with E-state index in [4.69, 9.17) is 32.7 Å². The fraction of sp³-hybridized carbons (Fsp3) is 0.227. The number of anilines is 1. The number of amides is 1. The van der Waals surface area contributed by atoms with Crippen molar-refractivity contribution in [2.24, 2.45) is 0 Å². The molecule has 3 heterocycles. The summed E-state index contributed by atoms with van der Waals surface area (Å²) in [5.41, 5.74) is 0.0504. The topological polar surface area (TPSA) is 76.6 Å². The zero-order chi connectivity index (χ0) is 24.2.